The number of nitrogens with zero attached hydrogens (tertiary/aromatic N) is 1. The summed E-state index contributed by atoms with van der Waals surface area (Å²) in [4.78, 5) is 43.4. The number of esters is 1. The molecule has 0 fully saturated rings. The Balaban J connectivity index is 1.70. The van der Waals surface area contributed by atoms with Crippen LogP contribution in [0.2, 0.25) is 0 Å². The zero-order valence-electron chi connectivity index (χ0n) is 14.2. The molecule has 0 unspecified atom stereocenters. The highest BCUT2D eigenvalue weighted by molar-refractivity contribution is 7.20. The van der Waals surface area contributed by atoms with E-state index in [0.29, 0.717) is 21.6 Å². The van der Waals surface area contributed by atoms with Gasteiger partial charge in [0.2, 0.25) is 0 Å². The molecule has 0 atom stereocenters. The highest BCUT2D eigenvalue weighted by Gasteiger charge is 2.21. The fourth-order valence-corrected chi connectivity index (χ4v) is 3.53. The fourth-order valence-electron chi connectivity index (χ4n) is 2.41. The molecule has 0 spiro atoms. The lowest BCUT2D eigenvalue weighted by Gasteiger charge is -2.06. The number of aromatic amines is 1. The first-order chi connectivity index (χ1) is 12.8. The van der Waals surface area contributed by atoms with Gasteiger partial charge in [-0.15, -0.1) is 11.3 Å². The van der Waals surface area contributed by atoms with Gasteiger partial charge < -0.3 is 15.0 Å². The lowest BCUT2D eigenvalue weighted by Crippen LogP contribution is -2.21. The second-order valence-electron chi connectivity index (χ2n) is 5.64. The van der Waals surface area contributed by atoms with Gasteiger partial charge in [0.25, 0.3) is 11.5 Å². The first-order valence-electron chi connectivity index (χ1n) is 7.68. The molecular formula is C17H13F2N3O4S. The number of rotatable bonds is 4. The summed E-state index contributed by atoms with van der Waals surface area (Å²) in [5.41, 5.74) is 0.0790. The van der Waals surface area contributed by atoms with Gasteiger partial charge in [-0.3, -0.25) is 9.59 Å². The number of fused-ring (bicyclic) bond motifs is 1. The van der Waals surface area contributed by atoms with Gasteiger partial charge in [0.05, 0.1) is 5.39 Å². The number of carbonyl (C=O) groups is 2. The van der Waals surface area contributed by atoms with Gasteiger partial charge in [0.15, 0.2) is 18.2 Å². The van der Waals surface area contributed by atoms with Gasteiger partial charge in [-0.2, -0.15) is 0 Å². The number of hydrogen-bond acceptors (Lipinski definition) is 6. The number of hydrogen-bond donors (Lipinski definition) is 2. The maximum atomic E-state index is 13.1. The molecule has 0 radical (unpaired) electrons. The summed E-state index contributed by atoms with van der Waals surface area (Å²) in [6.07, 6.45) is 0. The molecule has 27 heavy (non-hydrogen) atoms. The summed E-state index contributed by atoms with van der Waals surface area (Å²) >= 11 is 0.991. The lowest BCUT2D eigenvalue weighted by atomic mass is 10.2. The van der Waals surface area contributed by atoms with Crippen LogP contribution in [-0.2, 0) is 9.53 Å². The van der Waals surface area contributed by atoms with E-state index < -0.39 is 30.1 Å². The number of nitrogens with one attached hydrogen (secondary N) is 2. The molecule has 3 aromatic rings. The second kappa shape index (κ2) is 7.23. The van der Waals surface area contributed by atoms with Crippen LogP contribution >= 0.6 is 11.3 Å². The van der Waals surface area contributed by atoms with E-state index in [1.54, 1.807) is 13.8 Å². The number of aromatic nitrogens is 2. The third-order valence-corrected chi connectivity index (χ3v) is 4.81. The SMILES string of the molecule is Cc1nc2sc(C(=O)OCC(=O)Nc3ccc(F)c(F)c3)c(C)c2c(=O)[nH]1. The number of anilines is 1. The monoisotopic (exact) mass is 393 g/mol. The van der Waals surface area contributed by atoms with Crippen molar-refractivity contribution in [2.24, 2.45) is 0 Å². The van der Waals surface area contributed by atoms with Crippen molar-refractivity contribution in [3.05, 3.63) is 56.5 Å². The predicted octanol–water partition coefficient (Wildman–Crippen LogP) is 2.68. The standard InChI is InChI=1S/C17H13F2N3O4S/c1-7-13-15(24)20-8(2)21-16(13)27-14(7)17(25)26-6-12(23)22-9-3-4-10(18)11(19)5-9/h3-5H,6H2,1-2H3,(H,22,23)(H,20,21,24). The maximum Gasteiger partial charge on any atom is 0.349 e. The number of aryl methyl sites for hydroxylation is 2. The summed E-state index contributed by atoms with van der Waals surface area (Å²) < 4.78 is 30.9. The average Bonchev–Trinajstić information content (AvgIpc) is 2.93. The lowest BCUT2D eigenvalue weighted by molar-refractivity contribution is -0.119. The van der Waals surface area contributed by atoms with Crippen LogP contribution in [0.4, 0.5) is 14.5 Å². The minimum absolute atomic E-state index is 0.0270. The van der Waals surface area contributed by atoms with Crippen molar-refractivity contribution < 1.29 is 23.1 Å². The Morgan fingerprint density at radius 3 is 2.70 bits per heavy atom. The number of H-pyrrole nitrogens is 1. The molecule has 1 aromatic carbocycles. The average molecular weight is 393 g/mol. The molecule has 0 saturated heterocycles. The number of amides is 1. The Kier molecular flexibility index (Phi) is 5.00. The molecule has 7 nitrogen and oxygen atoms in total. The van der Waals surface area contributed by atoms with Crippen molar-refractivity contribution in [2.45, 2.75) is 13.8 Å². The molecule has 0 aliphatic heterocycles. The summed E-state index contributed by atoms with van der Waals surface area (Å²) in [6.45, 7) is 2.58. The van der Waals surface area contributed by atoms with E-state index in [1.807, 2.05) is 0 Å². The molecule has 3 rings (SSSR count). The van der Waals surface area contributed by atoms with E-state index in [4.69, 9.17) is 4.74 Å². The van der Waals surface area contributed by atoms with Crippen LogP contribution in [0.1, 0.15) is 21.1 Å². The highest BCUT2D eigenvalue weighted by atomic mass is 32.1. The third-order valence-electron chi connectivity index (χ3n) is 3.64. The molecule has 0 saturated carbocycles. The van der Waals surface area contributed by atoms with E-state index in [0.717, 1.165) is 23.5 Å². The molecular weight excluding hydrogens is 380 g/mol. The number of thiophene rings is 1. The Hall–Kier alpha value is -3.14. The van der Waals surface area contributed by atoms with Crippen molar-refractivity contribution in [3.8, 4) is 0 Å². The van der Waals surface area contributed by atoms with Crippen LogP contribution < -0.4 is 10.9 Å². The third kappa shape index (κ3) is 3.85. The normalized spacial score (nSPS) is 10.8. The topological polar surface area (TPSA) is 101 Å². The van der Waals surface area contributed by atoms with Crippen LogP contribution in [0.3, 0.4) is 0 Å². The van der Waals surface area contributed by atoms with Crippen LogP contribution in [0, 0.1) is 25.5 Å². The highest BCUT2D eigenvalue weighted by Crippen LogP contribution is 2.27. The molecule has 0 aliphatic carbocycles. The summed E-state index contributed by atoms with van der Waals surface area (Å²) in [6, 6.07) is 2.85. The van der Waals surface area contributed by atoms with Gasteiger partial charge >= 0.3 is 5.97 Å². The maximum absolute atomic E-state index is 13.1. The fraction of sp³-hybridized carbons (Fsp3) is 0.176. The number of carbonyl (C=O) groups excluding carboxylic acids is 2. The van der Waals surface area contributed by atoms with Crippen LogP contribution in [-0.4, -0.2) is 28.5 Å². The van der Waals surface area contributed by atoms with Crippen molar-refractivity contribution in [2.75, 3.05) is 11.9 Å². The number of ether oxygens (including phenoxy) is 1. The van der Waals surface area contributed by atoms with Crippen molar-refractivity contribution in [3.63, 3.8) is 0 Å². The second-order valence-corrected chi connectivity index (χ2v) is 6.64. The molecule has 10 heteroatoms. The largest absolute Gasteiger partial charge is 0.451 e. The molecule has 2 N–H and O–H groups in total. The minimum Gasteiger partial charge on any atom is -0.451 e. The molecule has 0 bridgehead atoms. The minimum atomic E-state index is -1.11. The van der Waals surface area contributed by atoms with Crippen LogP contribution in [0.15, 0.2) is 23.0 Å². The van der Waals surface area contributed by atoms with Gasteiger partial charge in [0, 0.05) is 11.8 Å². The quantitative estimate of drug-likeness (QED) is 0.664. The first kappa shape index (κ1) is 18.6. The molecule has 2 heterocycles. The van der Waals surface area contributed by atoms with E-state index in [1.165, 1.54) is 6.07 Å². The summed E-state index contributed by atoms with van der Waals surface area (Å²) in [5, 5.41) is 2.58. The van der Waals surface area contributed by atoms with Gasteiger partial charge in [0.1, 0.15) is 15.5 Å². The zero-order chi connectivity index (χ0) is 19.7. The summed E-state index contributed by atoms with van der Waals surface area (Å²) in [7, 11) is 0. The molecule has 1 amide bonds. The molecule has 0 aliphatic rings. The van der Waals surface area contributed by atoms with Crippen molar-refractivity contribution >= 4 is 39.1 Å². The Morgan fingerprint density at radius 1 is 1.26 bits per heavy atom. The van der Waals surface area contributed by atoms with Crippen molar-refractivity contribution in [1.29, 1.82) is 0 Å². The molecule has 2 aromatic heterocycles. The Labute approximate surface area is 155 Å². The number of benzene rings is 1. The smallest absolute Gasteiger partial charge is 0.349 e. The van der Waals surface area contributed by atoms with Gasteiger partial charge in [-0.1, -0.05) is 0 Å². The van der Waals surface area contributed by atoms with Gasteiger partial charge in [-0.25, -0.2) is 18.6 Å². The molecule has 140 valence electrons. The van der Waals surface area contributed by atoms with Gasteiger partial charge in [-0.05, 0) is 31.5 Å². The van der Waals surface area contributed by atoms with Crippen molar-refractivity contribution in [1.82, 2.24) is 9.97 Å². The predicted molar refractivity (Wildman–Crippen MR) is 95.0 cm³/mol. The van der Waals surface area contributed by atoms with E-state index in [-0.39, 0.29) is 16.1 Å². The van der Waals surface area contributed by atoms with E-state index in [2.05, 4.69) is 15.3 Å². The number of halogens is 2. The van der Waals surface area contributed by atoms with Crippen LogP contribution in [0.5, 0.6) is 0 Å². The van der Waals surface area contributed by atoms with Crippen LogP contribution in [0.25, 0.3) is 10.2 Å². The Bertz CT molecular complexity index is 1120. The van der Waals surface area contributed by atoms with E-state index >= 15 is 0 Å². The first-order valence-corrected chi connectivity index (χ1v) is 8.50. The summed E-state index contributed by atoms with van der Waals surface area (Å²) in [5.74, 6) is -3.25. The Morgan fingerprint density at radius 2 is 2.00 bits per heavy atom. The van der Waals surface area contributed by atoms with E-state index in [9.17, 15) is 23.2 Å². The zero-order valence-corrected chi connectivity index (χ0v) is 15.0.